The molecule has 0 aliphatic rings. The van der Waals surface area contributed by atoms with Crippen molar-refractivity contribution in [3.05, 3.63) is 24.4 Å². The predicted molar refractivity (Wildman–Crippen MR) is 81.7 cm³/mol. The lowest BCUT2D eigenvalue weighted by Crippen LogP contribution is -2.08. The van der Waals surface area contributed by atoms with Crippen molar-refractivity contribution in [3.8, 4) is 5.88 Å². The van der Waals surface area contributed by atoms with Gasteiger partial charge in [0.1, 0.15) is 0 Å². The van der Waals surface area contributed by atoms with Crippen LogP contribution < -0.4 is 4.74 Å². The molecule has 0 spiro atoms. The molecule has 20 heavy (non-hydrogen) atoms. The van der Waals surface area contributed by atoms with E-state index in [4.69, 9.17) is 4.74 Å². The zero-order valence-corrected chi connectivity index (χ0v) is 12.6. The summed E-state index contributed by atoms with van der Waals surface area (Å²) in [5.41, 5.74) is 0. The highest BCUT2D eigenvalue weighted by Gasteiger charge is 2.04. The lowest BCUT2D eigenvalue weighted by atomic mass is 10.1. The molecular weight excluding hydrogens is 250 g/mol. The number of carbonyl (C=O) groups is 1. The van der Waals surface area contributed by atoms with Crippen molar-refractivity contribution in [2.75, 3.05) is 0 Å². The molecule has 0 atom stereocenters. The molecule has 3 nitrogen and oxygen atoms in total. The molecule has 0 aliphatic heterocycles. The van der Waals surface area contributed by atoms with Crippen LogP contribution in [0.5, 0.6) is 5.88 Å². The van der Waals surface area contributed by atoms with Gasteiger partial charge in [-0.05, 0) is 12.5 Å². The molecule has 0 bridgehead atoms. The zero-order chi connectivity index (χ0) is 14.5. The van der Waals surface area contributed by atoms with Crippen LogP contribution in [0, 0.1) is 0 Å². The van der Waals surface area contributed by atoms with Gasteiger partial charge in [-0.25, -0.2) is 4.98 Å². The van der Waals surface area contributed by atoms with Gasteiger partial charge in [-0.15, -0.1) is 0 Å². The summed E-state index contributed by atoms with van der Waals surface area (Å²) < 4.78 is 5.14. The summed E-state index contributed by atoms with van der Waals surface area (Å²) in [6.45, 7) is 2.24. The van der Waals surface area contributed by atoms with Crippen LogP contribution in [0.1, 0.15) is 71.1 Å². The molecule has 3 heteroatoms. The maximum absolute atomic E-state index is 11.6. The zero-order valence-electron chi connectivity index (χ0n) is 12.6. The SMILES string of the molecule is CCCCCCCCCCCC(=O)Oc1ccccn1. The minimum absolute atomic E-state index is 0.174. The maximum atomic E-state index is 11.6. The van der Waals surface area contributed by atoms with Gasteiger partial charge in [0.15, 0.2) is 0 Å². The third-order valence-electron chi connectivity index (χ3n) is 3.34. The summed E-state index contributed by atoms with van der Waals surface area (Å²) in [4.78, 5) is 15.5. The minimum atomic E-state index is -0.174. The standard InChI is InChI=1S/C17H27NO2/c1-2-3-4-5-6-7-8-9-10-14-17(19)20-16-13-11-12-15-18-16/h11-13,15H,2-10,14H2,1H3. The second-order valence-electron chi connectivity index (χ2n) is 5.22. The van der Waals surface area contributed by atoms with Crippen molar-refractivity contribution in [1.29, 1.82) is 0 Å². The summed E-state index contributed by atoms with van der Waals surface area (Å²) in [6, 6.07) is 5.32. The van der Waals surface area contributed by atoms with Crippen molar-refractivity contribution in [1.82, 2.24) is 4.98 Å². The molecule has 0 unspecified atom stereocenters. The van der Waals surface area contributed by atoms with Crippen LogP contribution in [-0.4, -0.2) is 11.0 Å². The summed E-state index contributed by atoms with van der Waals surface area (Å²) in [6.07, 6.45) is 13.4. The predicted octanol–water partition coefficient (Wildman–Crippen LogP) is 4.91. The lowest BCUT2D eigenvalue weighted by Gasteiger charge is -2.03. The first-order valence-corrected chi connectivity index (χ1v) is 7.94. The van der Waals surface area contributed by atoms with E-state index in [2.05, 4.69) is 11.9 Å². The number of aromatic nitrogens is 1. The number of carbonyl (C=O) groups excluding carboxylic acids is 1. The van der Waals surface area contributed by atoms with Crippen molar-refractivity contribution >= 4 is 5.97 Å². The molecule has 0 amide bonds. The van der Waals surface area contributed by atoms with Crippen LogP contribution in [0.3, 0.4) is 0 Å². The van der Waals surface area contributed by atoms with Gasteiger partial charge in [0, 0.05) is 18.7 Å². The molecular formula is C17H27NO2. The van der Waals surface area contributed by atoms with Crippen molar-refractivity contribution < 1.29 is 9.53 Å². The van der Waals surface area contributed by atoms with E-state index in [1.807, 2.05) is 6.07 Å². The molecule has 112 valence electrons. The summed E-state index contributed by atoms with van der Waals surface area (Å²) in [7, 11) is 0. The molecule has 0 N–H and O–H groups in total. The van der Waals surface area contributed by atoms with Gasteiger partial charge in [-0.3, -0.25) is 4.79 Å². The third-order valence-corrected chi connectivity index (χ3v) is 3.34. The third kappa shape index (κ3) is 8.68. The van der Waals surface area contributed by atoms with Crippen LogP contribution in [0.15, 0.2) is 24.4 Å². The van der Waals surface area contributed by atoms with E-state index in [1.165, 1.54) is 44.9 Å². The van der Waals surface area contributed by atoms with Crippen LogP contribution in [0.25, 0.3) is 0 Å². The number of hydrogen-bond donors (Lipinski definition) is 0. The summed E-state index contributed by atoms with van der Waals surface area (Å²) in [5, 5.41) is 0. The van der Waals surface area contributed by atoms with Gasteiger partial charge in [0.2, 0.25) is 5.88 Å². The fourth-order valence-corrected chi connectivity index (χ4v) is 2.16. The quantitative estimate of drug-likeness (QED) is 0.426. The van der Waals surface area contributed by atoms with Gasteiger partial charge in [-0.2, -0.15) is 0 Å². The second-order valence-corrected chi connectivity index (χ2v) is 5.22. The molecule has 0 saturated carbocycles. The first-order valence-electron chi connectivity index (χ1n) is 7.94. The van der Waals surface area contributed by atoms with Gasteiger partial charge in [0.25, 0.3) is 0 Å². The van der Waals surface area contributed by atoms with Gasteiger partial charge in [-0.1, -0.05) is 64.4 Å². The number of hydrogen-bond acceptors (Lipinski definition) is 3. The van der Waals surface area contributed by atoms with E-state index in [9.17, 15) is 4.79 Å². The first kappa shape index (κ1) is 16.7. The van der Waals surface area contributed by atoms with Crippen LogP contribution in [-0.2, 0) is 4.79 Å². The molecule has 0 aliphatic carbocycles. The number of rotatable bonds is 11. The molecule has 0 fully saturated rings. The highest BCUT2D eigenvalue weighted by atomic mass is 16.5. The fourth-order valence-electron chi connectivity index (χ4n) is 2.16. The van der Waals surface area contributed by atoms with E-state index in [0.717, 1.165) is 12.8 Å². The Morgan fingerprint density at radius 2 is 1.65 bits per heavy atom. The highest BCUT2D eigenvalue weighted by Crippen LogP contribution is 2.11. The summed E-state index contributed by atoms with van der Waals surface area (Å²) >= 11 is 0. The number of pyridine rings is 1. The number of ether oxygens (including phenoxy) is 1. The number of nitrogens with zero attached hydrogens (tertiary/aromatic N) is 1. The van der Waals surface area contributed by atoms with Crippen molar-refractivity contribution in [3.63, 3.8) is 0 Å². The molecule has 1 rings (SSSR count). The van der Waals surface area contributed by atoms with E-state index in [1.54, 1.807) is 18.3 Å². The summed E-state index contributed by atoms with van der Waals surface area (Å²) in [5.74, 6) is 0.222. The topological polar surface area (TPSA) is 39.2 Å². The number of unbranched alkanes of at least 4 members (excludes halogenated alkanes) is 8. The molecule has 1 aromatic heterocycles. The Kier molecular flexibility index (Phi) is 9.54. The van der Waals surface area contributed by atoms with E-state index in [0.29, 0.717) is 12.3 Å². The molecule has 0 aromatic carbocycles. The fraction of sp³-hybridized carbons (Fsp3) is 0.647. The Morgan fingerprint density at radius 1 is 1.00 bits per heavy atom. The monoisotopic (exact) mass is 277 g/mol. The Balaban J connectivity index is 1.92. The Morgan fingerprint density at radius 3 is 2.25 bits per heavy atom. The van der Waals surface area contributed by atoms with Gasteiger partial charge < -0.3 is 4.74 Å². The number of esters is 1. The average Bonchev–Trinajstić information content (AvgIpc) is 2.46. The van der Waals surface area contributed by atoms with Gasteiger partial charge in [0.05, 0.1) is 0 Å². The molecule has 0 radical (unpaired) electrons. The average molecular weight is 277 g/mol. The highest BCUT2D eigenvalue weighted by molar-refractivity contribution is 5.71. The molecule has 1 heterocycles. The molecule has 0 saturated heterocycles. The smallest absolute Gasteiger partial charge is 0.312 e. The van der Waals surface area contributed by atoms with Crippen LogP contribution >= 0.6 is 0 Å². The Bertz CT molecular complexity index is 351. The lowest BCUT2D eigenvalue weighted by molar-refractivity contribution is -0.134. The largest absolute Gasteiger partial charge is 0.407 e. The van der Waals surface area contributed by atoms with Crippen molar-refractivity contribution in [2.24, 2.45) is 0 Å². The minimum Gasteiger partial charge on any atom is -0.407 e. The maximum Gasteiger partial charge on any atom is 0.312 e. The Labute approximate surface area is 122 Å². The first-order chi connectivity index (χ1) is 9.83. The Hall–Kier alpha value is -1.38. The second kappa shape index (κ2) is 11.4. The normalized spacial score (nSPS) is 10.4. The van der Waals surface area contributed by atoms with Crippen LogP contribution in [0.4, 0.5) is 0 Å². The van der Waals surface area contributed by atoms with E-state index in [-0.39, 0.29) is 5.97 Å². The van der Waals surface area contributed by atoms with E-state index >= 15 is 0 Å². The molecule has 1 aromatic rings. The van der Waals surface area contributed by atoms with Crippen molar-refractivity contribution in [2.45, 2.75) is 71.1 Å². The van der Waals surface area contributed by atoms with Crippen LogP contribution in [0.2, 0.25) is 0 Å². The van der Waals surface area contributed by atoms with E-state index < -0.39 is 0 Å². The van der Waals surface area contributed by atoms with Gasteiger partial charge >= 0.3 is 5.97 Å².